The standard InChI is InChI=1S/C28H33NO2.C4H8O2/c30-27(23-11-4-1-5-12-23)17-10-20-29-21-18-26(19-22-29)28(31,24-13-6-2-7-14-24)25-15-8-3-9-16-25;1-3(2)4(5)6/h1-9,11-16,26-27,30-31H,10,17-22H2;3H,1-2H3,(H,5,6). The average Bonchev–Trinajstić information content (AvgIpc) is 2.94. The number of rotatable bonds is 9. The molecular formula is C32H41NO4. The fourth-order valence-corrected chi connectivity index (χ4v) is 4.95. The van der Waals surface area contributed by atoms with E-state index in [0.29, 0.717) is 0 Å². The zero-order valence-corrected chi connectivity index (χ0v) is 22.0. The molecule has 0 amide bonds. The summed E-state index contributed by atoms with van der Waals surface area (Å²) in [6.07, 6.45) is 3.29. The molecule has 0 aliphatic carbocycles. The number of piperidine rings is 1. The maximum atomic E-state index is 12.0. The number of aliphatic hydroxyl groups excluding tert-OH is 1. The molecule has 0 spiro atoms. The highest BCUT2D eigenvalue weighted by Gasteiger charge is 2.41. The molecule has 0 aromatic heterocycles. The molecule has 3 N–H and O–H groups in total. The molecule has 37 heavy (non-hydrogen) atoms. The Morgan fingerprint density at radius 1 is 0.865 bits per heavy atom. The molecule has 0 radical (unpaired) electrons. The van der Waals surface area contributed by atoms with Gasteiger partial charge in [0.2, 0.25) is 0 Å². The van der Waals surface area contributed by atoms with Gasteiger partial charge >= 0.3 is 5.97 Å². The maximum Gasteiger partial charge on any atom is 0.305 e. The summed E-state index contributed by atoms with van der Waals surface area (Å²) in [5, 5.41) is 30.4. The summed E-state index contributed by atoms with van der Waals surface area (Å²) < 4.78 is 0. The fourth-order valence-electron chi connectivity index (χ4n) is 4.95. The number of likely N-dealkylation sites (tertiary alicyclic amines) is 1. The number of hydrogen-bond donors (Lipinski definition) is 3. The molecule has 1 heterocycles. The van der Waals surface area contributed by atoms with Crippen molar-refractivity contribution in [2.45, 2.75) is 51.2 Å². The van der Waals surface area contributed by atoms with Crippen LogP contribution in [0, 0.1) is 11.8 Å². The summed E-state index contributed by atoms with van der Waals surface area (Å²) in [6.45, 7) is 6.23. The molecule has 0 saturated carbocycles. The summed E-state index contributed by atoms with van der Waals surface area (Å²) in [6, 6.07) is 30.1. The van der Waals surface area contributed by atoms with Crippen LogP contribution in [0.1, 0.15) is 62.3 Å². The molecule has 0 bridgehead atoms. The predicted molar refractivity (Wildman–Crippen MR) is 148 cm³/mol. The van der Waals surface area contributed by atoms with Gasteiger partial charge in [-0.05, 0) is 67.9 Å². The second-order valence-corrected chi connectivity index (χ2v) is 10.2. The van der Waals surface area contributed by atoms with E-state index in [1.807, 2.05) is 91.0 Å². The van der Waals surface area contributed by atoms with Crippen LogP contribution in [0.3, 0.4) is 0 Å². The Balaban J connectivity index is 0.000000568. The third kappa shape index (κ3) is 8.00. The van der Waals surface area contributed by atoms with Gasteiger partial charge < -0.3 is 20.2 Å². The van der Waals surface area contributed by atoms with Gasteiger partial charge in [-0.15, -0.1) is 0 Å². The third-order valence-corrected chi connectivity index (χ3v) is 7.24. The Kier molecular flexibility index (Phi) is 10.9. The van der Waals surface area contributed by atoms with Crippen LogP contribution in [-0.2, 0) is 10.4 Å². The molecule has 1 atom stereocenters. The van der Waals surface area contributed by atoms with Crippen LogP contribution in [-0.4, -0.2) is 45.8 Å². The van der Waals surface area contributed by atoms with E-state index in [-0.39, 0.29) is 17.9 Å². The molecule has 1 fully saturated rings. The van der Waals surface area contributed by atoms with E-state index in [9.17, 15) is 15.0 Å². The first-order valence-corrected chi connectivity index (χ1v) is 13.3. The fraction of sp³-hybridized carbons (Fsp3) is 0.406. The molecule has 198 valence electrons. The number of carbonyl (C=O) groups is 1. The Bertz CT molecular complexity index is 1010. The van der Waals surface area contributed by atoms with Crippen molar-refractivity contribution in [1.29, 1.82) is 0 Å². The SMILES string of the molecule is CC(C)C(=O)O.OC(CCCN1CCC(C(O)(c2ccccc2)c2ccccc2)CC1)c1ccccc1. The average molecular weight is 504 g/mol. The highest BCUT2D eigenvalue weighted by molar-refractivity contribution is 5.68. The van der Waals surface area contributed by atoms with Gasteiger partial charge in [0, 0.05) is 0 Å². The minimum Gasteiger partial charge on any atom is -0.481 e. The Hall–Kier alpha value is -2.99. The van der Waals surface area contributed by atoms with Crippen molar-refractivity contribution < 1.29 is 20.1 Å². The lowest BCUT2D eigenvalue weighted by Gasteiger charge is -2.42. The van der Waals surface area contributed by atoms with Crippen molar-refractivity contribution in [2.24, 2.45) is 11.8 Å². The molecule has 3 aromatic carbocycles. The smallest absolute Gasteiger partial charge is 0.305 e. The van der Waals surface area contributed by atoms with Crippen LogP contribution < -0.4 is 0 Å². The Labute approximate surface area is 221 Å². The van der Waals surface area contributed by atoms with Gasteiger partial charge in [-0.25, -0.2) is 0 Å². The van der Waals surface area contributed by atoms with E-state index < -0.39 is 11.6 Å². The molecule has 1 aliphatic heterocycles. The number of carboxylic acids is 1. The maximum absolute atomic E-state index is 12.0. The van der Waals surface area contributed by atoms with E-state index in [2.05, 4.69) is 4.90 Å². The summed E-state index contributed by atoms with van der Waals surface area (Å²) in [5.74, 6) is -0.788. The molecular weight excluding hydrogens is 462 g/mol. The molecule has 1 saturated heterocycles. The number of carboxylic acid groups (broad SMARTS) is 1. The lowest BCUT2D eigenvalue weighted by molar-refractivity contribution is -0.140. The van der Waals surface area contributed by atoms with Crippen molar-refractivity contribution in [3.63, 3.8) is 0 Å². The van der Waals surface area contributed by atoms with Crippen LogP contribution in [0.2, 0.25) is 0 Å². The second-order valence-electron chi connectivity index (χ2n) is 10.2. The number of aliphatic hydroxyl groups is 2. The van der Waals surface area contributed by atoms with Crippen molar-refractivity contribution in [3.05, 3.63) is 108 Å². The number of nitrogens with zero attached hydrogens (tertiary/aromatic N) is 1. The van der Waals surface area contributed by atoms with Crippen LogP contribution in [0.4, 0.5) is 0 Å². The van der Waals surface area contributed by atoms with Gasteiger partial charge in [-0.1, -0.05) is 105 Å². The van der Waals surface area contributed by atoms with Crippen LogP contribution in [0.5, 0.6) is 0 Å². The lowest BCUT2D eigenvalue weighted by Crippen LogP contribution is -2.44. The van der Waals surface area contributed by atoms with Crippen LogP contribution >= 0.6 is 0 Å². The molecule has 4 rings (SSSR count). The zero-order chi connectivity index (χ0) is 26.7. The molecule has 5 nitrogen and oxygen atoms in total. The van der Waals surface area contributed by atoms with E-state index in [4.69, 9.17) is 5.11 Å². The van der Waals surface area contributed by atoms with E-state index in [1.165, 1.54) is 0 Å². The number of aliphatic carboxylic acids is 1. The van der Waals surface area contributed by atoms with Crippen molar-refractivity contribution in [1.82, 2.24) is 4.90 Å². The highest BCUT2D eigenvalue weighted by Crippen LogP contribution is 2.41. The van der Waals surface area contributed by atoms with Gasteiger partial charge in [0.05, 0.1) is 12.0 Å². The van der Waals surface area contributed by atoms with E-state index in [1.54, 1.807) is 13.8 Å². The lowest BCUT2D eigenvalue weighted by atomic mass is 9.72. The van der Waals surface area contributed by atoms with Gasteiger partial charge in [0.15, 0.2) is 0 Å². The van der Waals surface area contributed by atoms with Gasteiger partial charge in [-0.2, -0.15) is 0 Å². The number of benzene rings is 3. The zero-order valence-electron chi connectivity index (χ0n) is 22.0. The van der Waals surface area contributed by atoms with Crippen molar-refractivity contribution in [2.75, 3.05) is 19.6 Å². The first-order chi connectivity index (χ1) is 17.8. The predicted octanol–water partition coefficient (Wildman–Crippen LogP) is 5.88. The summed E-state index contributed by atoms with van der Waals surface area (Å²) in [7, 11) is 0. The minimum atomic E-state index is -0.960. The van der Waals surface area contributed by atoms with Gasteiger partial charge in [0.25, 0.3) is 0 Å². The largest absolute Gasteiger partial charge is 0.481 e. The normalized spacial score (nSPS) is 15.6. The number of hydrogen-bond acceptors (Lipinski definition) is 4. The van der Waals surface area contributed by atoms with E-state index >= 15 is 0 Å². The van der Waals surface area contributed by atoms with Gasteiger partial charge in [-0.3, -0.25) is 4.79 Å². The topological polar surface area (TPSA) is 81.0 Å². The van der Waals surface area contributed by atoms with Gasteiger partial charge in [0.1, 0.15) is 5.60 Å². The monoisotopic (exact) mass is 503 g/mol. The van der Waals surface area contributed by atoms with E-state index in [0.717, 1.165) is 62.0 Å². The molecule has 3 aromatic rings. The molecule has 1 aliphatic rings. The summed E-state index contributed by atoms with van der Waals surface area (Å²) in [5.41, 5.74) is 1.99. The first-order valence-electron chi connectivity index (χ1n) is 13.3. The summed E-state index contributed by atoms with van der Waals surface area (Å²) >= 11 is 0. The quantitative estimate of drug-likeness (QED) is 0.340. The molecule has 1 unspecified atom stereocenters. The Morgan fingerprint density at radius 3 is 1.73 bits per heavy atom. The van der Waals surface area contributed by atoms with Crippen LogP contribution in [0.15, 0.2) is 91.0 Å². The third-order valence-electron chi connectivity index (χ3n) is 7.24. The highest BCUT2D eigenvalue weighted by atomic mass is 16.4. The second kappa shape index (κ2) is 14.1. The summed E-state index contributed by atoms with van der Waals surface area (Å²) in [4.78, 5) is 12.2. The minimum absolute atomic E-state index is 0.184. The van der Waals surface area contributed by atoms with Crippen molar-refractivity contribution in [3.8, 4) is 0 Å². The molecule has 5 heteroatoms. The Morgan fingerprint density at radius 2 is 1.30 bits per heavy atom. The first kappa shape index (κ1) is 28.6. The van der Waals surface area contributed by atoms with Crippen LogP contribution in [0.25, 0.3) is 0 Å². The van der Waals surface area contributed by atoms with Crippen molar-refractivity contribution >= 4 is 5.97 Å².